The smallest absolute Gasteiger partial charge is 0.139 e. The quantitative estimate of drug-likeness (QED) is 0.717. The maximum atomic E-state index is 12.3. The molecule has 1 aromatic rings. The van der Waals surface area contributed by atoms with Crippen LogP contribution in [0.4, 0.5) is 0 Å². The van der Waals surface area contributed by atoms with E-state index >= 15 is 0 Å². The van der Waals surface area contributed by atoms with Crippen LogP contribution in [0.15, 0.2) is 18.2 Å². The molecule has 0 aliphatic heterocycles. The van der Waals surface area contributed by atoms with Crippen molar-refractivity contribution in [2.24, 2.45) is 17.3 Å². The largest absolute Gasteiger partial charge is 0.497 e. The number of ether oxygens (including phenoxy) is 1. The lowest BCUT2D eigenvalue weighted by atomic mass is 9.55. The molecule has 2 heteroatoms. The van der Waals surface area contributed by atoms with Gasteiger partial charge in [-0.3, -0.25) is 4.79 Å². The Morgan fingerprint density at radius 1 is 1.13 bits per heavy atom. The first-order valence-corrected chi connectivity index (χ1v) is 9.33. The molecule has 3 aliphatic carbocycles. The predicted octanol–water partition coefficient (Wildman–Crippen LogP) is 5.15. The van der Waals surface area contributed by atoms with Gasteiger partial charge < -0.3 is 4.74 Å². The highest BCUT2D eigenvalue weighted by Crippen LogP contribution is 2.59. The Bertz CT molecular complexity index is 592. The lowest BCUT2D eigenvalue weighted by Crippen LogP contribution is -2.42. The zero-order valence-electron chi connectivity index (χ0n) is 15.0. The van der Waals surface area contributed by atoms with Crippen molar-refractivity contribution in [2.45, 2.75) is 65.2 Å². The van der Waals surface area contributed by atoms with Crippen LogP contribution in [0.5, 0.6) is 5.75 Å². The first kappa shape index (κ1) is 16.5. The van der Waals surface area contributed by atoms with Crippen LogP contribution in [0.1, 0.15) is 69.9 Å². The van der Waals surface area contributed by atoms with Crippen LogP contribution in [0.2, 0.25) is 0 Å². The van der Waals surface area contributed by atoms with Crippen molar-refractivity contribution < 1.29 is 9.53 Å². The van der Waals surface area contributed by atoms with E-state index in [0.717, 1.165) is 37.4 Å². The van der Waals surface area contributed by atoms with Gasteiger partial charge in [-0.25, -0.2) is 0 Å². The van der Waals surface area contributed by atoms with Gasteiger partial charge in [0.25, 0.3) is 0 Å². The maximum absolute atomic E-state index is 12.3. The minimum Gasteiger partial charge on any atom is -0.497 e. The number of hydrogen-bond acceptors (Lipinski definition) is 2. The van der Waals surface area contributed by atoms with E-state index in [4.69, 9.17) is 4.74 Å². The Balaban J connectivity index is 0.000000753. The molecule has 23 heavy (non-hydrogen) atoms. The molecule has 0 N–H and O–H groups in total. The summed E-state index contributed by atoms with van der Waals surface area (Å²) in [7, 11) is 1.74. The number of carbonyl (C=O) groups excluding carboxylic acids is 1. The molecule has 2 nitrogen and oxygen atoms in total. The van der Waals surface area contributed by atoms with Crippen molar-refractivity contribution in [2.75, 3.05) is 7.11 Å². The van der Waals surface area contributed by atoms with Crippen LogP contribution in [-0.4, -0.2) is 12.9 Å². The molecule has 4 atom stereocenters. The monoisotopic (exact) mass is 314 g/mol. The van der Waals surface area contributed by atoms with Crippen molar-refractivity contribution in [1.82, 2.24) is 0 Å². The maximum Gasteiger partial charge on any atom is 0.139 e. The second kappa shape index (κ2) is 6.30. The molecule has 3 aliphatic rings. The highest BCUT2D eigenvalue weighted by molar-refractivity contribution is 5.87. The Morgan fingerprint density at radius 3 is 2.65 bits per heavy atom. The van der Waals surface area contributed by atoms with E-state index in [2.05, 4.69) is 25.1 Å². The molecule has 0 heterocycles. The third-order valence-electron chi connectivity index (χ3n) is 6.64. The minimum atomic E-state index is -0.00879. The number of aryl methyl sites for hydroxylation is 1. The Labute approximate surface area is 140 Å². The average molecular weight is 314 g/mol. The zero-order valence-corrected chi connectivity index (χ0v) is 15.0. The number of fused-ring (bicyclic) bond motifs is 5. The van der Waals surface area contributed by atoms with E-state index in [1.807, 2.05) is 13.8 Å². The van der Waals surface area contributed by atoms with Gasteiger partial charge in [-0.1, -0.05) is 26.8 Å². The normalized spacial score (nSPS) is 34.6. The molecular weight excluding hydrogens is 284 g/mol. The van der Waals surface area contributed by atoms with Crippen molar-refractivity contribution in [1.29, 1.82) is 0 Å². The van der Waals surface area contributed by atoms with Crippen LogP contribution in [-0.2, 0) is 11.2 Å². The van der Waals surface area contributed by atoms with Gasteiger partial charge in [0.05, 0.1) is 7.11 Å². The second-order valence-corrected chi connectivity index (χ2v) is 7.40. The first-order chi connectivity index (χ1) is 11.1. The van der Waals surface area contributed by atoms with Crippen molar-refractivity contribution in [3.63, 3.8) is 0 Å². The molecule has 1 aromatic carbocycles. The fourth-order valence-electron chi connectivity index (χ4n) is 5.46. The van der Waals surface area contributed by atoms with Crippen LogP contribution in [0.25, 0.3) is 0 Å². The van der Waals surface area contributed by atoms with Crippen molar-refractivity contribution >= 4 is 5.78 Å². The topological polar surface area (TPSA) is 26.3 Å². The van der Waals surface area contributed by atoms with Crippen LogP contribution in [0, 0.1) is 17.3 Å². The van der Waals surface area contributed by atoms with Crippen molar-refractivity contribution in [3.05, 3.63) is 29.3 Å². The summed E-state index contributed by atoms with van der Waals surface area (Å²) in [6, 6.07) is 6.61. The summed E-state index contributed by atoms with van der Waals surface area (Å²) in [4.78, 5) is 12.3. The predicted molar refractivity (Wildman–Crippen MR) is 94.0 cm³/mol. The Kier molecular flexibility index (Phi) is 4.53. The number of Topliss-reactive ketones (excluding diaryl/α,β-unsaturated/α-hetero) is 1. The van der Waals surface area contributed by atoms with E-state index in [9.17, 15) is 4.79 Å². The number of hydrogen-bond donors (Lipinski definition) is 0. The molecule has 0 saturated heterocycles. The van der Waals surface area contributed by atoms with Crippen LogP contribution < -0.4 is 4.74 Å². The molecule has 0 bridgehead atoms. The fraction of sp³-hybridized carbons (Fsp3) is 0.667. The van der Waals surface area contributed by atoms with Gasteiger partial charge in [-0.2, -0.15) is 0 Å². The van der Waals surface area contributed by atoms with Gasteiger partial charge >= 0.3 is 0 Å². The van der Waals surface area contributed by atoms with E-state index in [-0.39, 0.29) is 5.41 Å². The number of carbonyl (C=O) groups is 1. The SMILES string of the molecule is CC.COc1ccc2c(c1)CCC1C2CCC2(C)C(=O)CCC12. The molecule has 126 valence electrons. The molecular formula is C21H30O2. The number of benzene rings is 1. The lowest BCUT2D eigenvalue weighted by molar-refractivity contribution is -0.129. The summed E-state index contributed by atoms with van der Waals surface area (Å²) in [5, 5.41) is 0. The molecule has 2 fully saturated rings. The second-order valence-electron chi connectivity index (χ2n) is 7.40. The number of methoxy groups -OCH3 is 1. The highest BCUT2D eigenvalue weighted by atomic mass is 16.5. The summed E-state index contributed by atoms with van der Waals surface area (Å²) >= 11 is 0. The first-order valence-electron chi connectivity index (χ1n) is 9.33. The molecule has 0 amide bonds. The van der Waals surface area contributed by atoms with Gasteiger partial charge in [-0.15, -0.1) is 0 Å². The number of rotatable bonds is 1. The average Bonchev–Trinajstić information content (AvgIpc) is 2.91. The zero-order chi connectivity index (χ0) is 16.6. The number of ketones is 1. The van der Waals surface area contributed by atoms with Gasteiger partial charge in [0.2, 0.25) is 0 Å². The van der Waals surface area contributed by atoms with Gasteiger partial charge in [0.15, 0.2) is 0 Å². The minimum absolute atomic E-state index is 0.00879. The standard InChI is InChI=1S/C19H24O2.C2H6/c1-19-10-9-15-14-6-4-13(21-2)11-12(14)3-5-16(15)17(19)7-8-18(19)20;1-2/h4,6,11,15-17H,3,5,7-10H2,1-2H3;1-2H3. The van der Waals surface area contributed by atoms with E-state index in [1.54, 1.807) is 7.11 Å². The Morgan fingerprint density at radius 2 is 1.91 bits per heavy atom. The van der Waals surface area contributed by atoms with Crippen LogP contribution in [0.3, 0.4) is 0 Å². The summed E-state index contributed by atoms with van der Waals surface area (Å²) < 4.78 is 5.37. The molecule has 4 unspecified atom stereocenters. The van der Waals surface area contributed by atoms with Gasteiger partial charge in [0, 0.05) is 11.8 Å². The summed E-state index contributed by atoms with van der Waals surface area (Å²) in [6.07, 6.45) is 6.61. The van der Waals surface area contributed by atoms with Gasteiger partial charge in [0.1, 0.15) is 11.5 Å². The highest BCUT2D eigenvalue weighted by Gasteiger charge is 2.54. The third-order valence-corrected chi connectivity index (χ3v) is 6.64. The van der Waals surface area contributed by atoms with Gasteiger partial charge in [-0.05, 0) is 73.1 Å². The Hall–Kier alpha value is -1.31. The third kappa shape index (κ3) is 2.51. The van der Waals surface area contributed by atoms with E-state index < -0.39 is 0 Å². The van der Waals surface area contributed by atoms with E-state index in [1.165, 1.54) is 24.0 Å². The lowest BCUT2D eigenvalue weighted by Gasteiger charge is -2.48. The molecule has 0 radical (unpaired) electrons. The molecule has 2 saturated carbocycles. The summed E-state index contributed by atoms with van der Waals surface area (Å²) in [6.45, 7) is 6.24. The fourth-order valence-corrected chi connectivity index (χ4v) is 5.46. The van der Waals surface area contributed by atoms with Crippen LogP contribution >= 0.6 is 0 Å². The summed E-state index contributed by atoms with van der Waals surface area (Å²) in [5.41, 5.74) is 3.00. The summed E-state index contributed by atoms with van der Waals surface area (Å²) in [5.74, 6) is 3.52. The molecule has 0 spiro atoms. The van der Waals surface area contributed by atoms with Crippen molar-refractivity contribution in [3.8, 4) is 5.75 Å². The molecule has 0 aromatic heterocycles. The van der Waals surface area contributed by atoms with E-state index in [0.29, 0.717) is 17.6 Å². The molecule has 4 rings (SSSR count).